The average molecular weight is 244 g/mol. The average Bonchev–Trinajstić information content (AvgIpc) is 2.08. The van der Waals surface area contributed by atoms with Crippen LogP contribution in [-0.2, 0) is 0 Å². The molecule has 70 valence electrons. The Kier molecular flexibility index (Phi) is 3.25. The Morgan fingerprint density at radius 1 is 1.54 bits per heavy atom. The van der Waals surface area contributed by atoms with E-state index in [9.17, 15) is 4.79 Å². The number of pyridine rings is 1. The Balaban J connectivity index is 2.65. The van der Waals surface area contributed by atoms with Crippen molar-refractivity contribution in [1.82, 2.24) is 9.88 Å². The quantitative estimate of drug-likeness (QED) is 0.820. The minimum Gasteiger partial charge on any atom is -0.331 e. The van der Waals surface area contributed by atoms with Crippen LogP contribution in [0, 0.1) is 0 Å². The smallest absolute Gasteiger partial charge is 0.322 e. The molecule has 4 nitrogen and oxygen atoms in total. The summed E-state index contributed by atoms with van der Waals surface area (Å²) in [6.07, 6.45) is 1.63. The molecule has 2 amide bonds. The molecule has 0 atom stereocenters. The van der Waals surface area contributed by atoms with Gasteiger partial charge in [0.2, 0.25) is 0 Å². The number of carbonyl (C=O) groups excluding carboxylic acids is 1. The zero-order valence-corrected chi connectivity index (χ0v) is 9.00. The van der Waals surface area contributed by atoms with E-state index < -0.39 is 0 Å². The van der Waals surface area contributed by atoms with Crippen molar-refractivity contribution >= 4 is 27.8 Å². The molecule has 1 aromatic rings. The Morgan fingerprint density at radius 2 is 2.23 bits per heavy atom. The molecule has 0 aliphatic carbocycles. The molecule has 0 unspecified atom stereocenters. The lowest BCUT2D eigenvalue weighted by atomic mass is 10.5. The van der Waals surface area contributed by atoms with Crippen molar-refractivity contribution in [2.75, 3.05) is 19.4 Å². The molecule has 0 saturated heterocycles. The molecular weight excluding hydrogens is 234 g/mol. The number of carbonyl (C=O) groups is 1. The van der Waals surface area contributed by atoms with Crippen molar-refractivity contribution in [2.24, 2.45) is 0 Å². The summed E-state index contributed by atoms with van der Waals surface area (Å²) in [6.45, 7) is 0. The van der Waals surface area contributed by atoms with Gasteiger partial charge >= 0.3 is 6.03 Å². The highest BCUT2D eigenvalue weighted by Gasteiger charge is 2.03. The van der Waals surface area contributed by atoms with Gasteiger partial charge in [0.25, 0.3) is 0 Å². The fraction of sp³-hybridized carbons (Fsp3) is 0.250. The van der Waals surface area contributed by atoms with Gasteiger partial charge in [-0.15, -0.1) is 0 Å². The van der Waals surface area contributed by atoms with Crippen LogP contribution in [0.1, 0.15) is 0 Å². The minimum atomic E-state index is -0.185. The molecule has 1 heterocycles. The summed E-state index contributed by atoms with van der Waals surface area (Å²) < 4.78 is 0.885. The van der Waals surface area contributed by atoms with Crippen molar-refractivity contribution in [3.05, 3.63) is 22.8 Å². The van der Waals surface area contributed by atoms with Gasteiger partial charge < -0.3 is 4.90 Å². The van der Waals surface area contributed by atoms with E-state index in [-0.39, 0.29) is 6.03 Å². The molecule has 0 fully saturated rings. The molecular formula is C8H10BrN3O. The fourth-order valence-electron chi connectivity index (χ4n) is 0.671. The van der Waals surface area contributed by atoms with Crippen molar-refractivity contribution in [1.29, 1.82) is 0 Å². The van der Waals surface area contributed by atoms with E-state index in [0.717, 1.165) is 4.47 Å². The summed E-state index contributed by atoms with van der Waals surface area (Å²) in [6, 6.07) is 3.36. The third kappa shape index (κ3) is 3.02. The lowest BCUT2D eigenvalue weighted by Gasteiger charge is -2.10. The monoisotopic (exact) mass is 243 g/mol. The zero-order chi connectivity index (χ0) is 9.84. The summed E-state index contributed by atoms with van der Waals surface area (Å²) in [4.78, 5) is 16.6. The molecule has 0 bridgehead atoms. The van der Waals surface area contributed by atoms with Gasteiger partial charge in [0, 0.05) is 24.8 Å². The van der Waals surface area contributed by atoms with Gasteiger partial charge in [0.15, 0.2) is 0 Å². The van der Waals surface area contributed by atoms with Gasteiger partial charge in [-0.1, -0.05) is 0 Å². The SMILES string of the molecule is CN(C)C(=O)Nc1ccc(Br)cn1. The normalized spacial score (nSPS) is 9.46. The number of halogens is 1. The number of nitrogens with zero attached hydrogens (tertiary/aromatic N) is 2. The van der Waals surface area contributed by atoms with Gasteiger partial charge in [0.1, 0.15) is 5.82 Å². The van der Waals surface area contributed by atoms with Crippen molar-refractivity contribution in [2.45, 2.75) is 0 Å². The lowest BCUT2D eigenvalue weighted by Crippen LogP contribution is -2.27. The number of hydrogen-bond acceptors (Lipinski definition) is 2. The molecule has 0 saturated carbocycles. The summed E-state index contributed by atoms with van der Waals surface area (Å²) in [5, 5.41) is 2.62. The van der Waals surface area contributed by atoms with E-state index in [1.54, 1.807) is 26.4 Å². The first-order valence-corrected chi connectivity index (χ1v) is 4.49. The zero-order valence-electron chi connectivity index (χ0n) is 7.41. The largest absolute Gasteiger partial charge is 0.331 e. The second-order valence-electron chi connectivity index (χ2n) is 2.69. The van der Waals surface area contributed by atoms with Crippen LogP contribution in [0.15, 0.2) is 22.8 Å². The Hall–Kier alpha value is -1.10. The second kappa shape index (κ2) is 4.23. The molecule has 13 heavy (non-hydrogen) atoms. The number of anilines is 1. The van der Waals surface area contributed by atoms with Crippen LogP contribution in [0.3, 0.4) is 0 Å². The van der Waals surface area contributed by atoms with Crippen LogP contribution in [0.2, 0.25) is 0 Å². The maximum atomic E-state index is 11.2. The van der Waals surface area contributed by atoms with Crippen LogP contribution >= 0.6 is 15.9 Å². The Labute approximate surface area is 85.1 Å². The number of hydrogen-bond donors (Lipinski definition) is 1. The molecule has 1 aromatic heterocycles. The molecule has 0 aromatic carbocycles. The fourth-order valence-corrected chi connectivity index (χ4v) is 0.906. The van der Waals surface area contributed by atoms with E-state index in [2.05, 4.69) is 26.2 Å². The van der Waals surface area contributed by atoms with Gasteiger partial charge in [-0.05, 0) is 28.1 Å². The van der Waals surface area contributed by atoms with E-state index in [4.69, 9.17) is 0 Å². The third-order valence-corrected chi connectivity index (χ3v) is 1.84. The number of amides is 2. The summed E-state index contributed by atoms with van der Waals surface area (Å²) in [7, 11) is 3.35. The van der Waals surface area contributed by atoms with Crippen molar-refractivity contribution in [3.63, 3.8) is 0 Å². The molecule has 5 heteroatoms. The molecule has 0 spiro atoms. The van der Waals surface area contributed by atoms with Gasteiger partial charge in [-0.25, -0.2) is 9.78 Å². The van der Waals surface area contributed by atoms with Crippen LogP contribution in [0.4, 0.5) is 10.6 Å². The number of rotatable bonds is 1. The molecule has 1 N–H and O–H groups in total. The van der Waals surface area contributed by atoms with Crippen LogP contribution < -0.4 is 5.32 Å². The highest BCUT2D eigenvalue weighted by Crippen LogP contribution is 2.10. The predicted octanol–water partition coefficient (Wildman–Crippen LogP) is 1.94. The molecule has 0 aliphatic heterocycles. The summed E-state index contributed by atoms with van der Waals surface area (Å²) >= 11 is 3.25. The Bertz CT molecular complexity index is 297. The Morgan fingerprint density at radius 3 is 2.69 bits per heavy atom. The maximum Gasteiger partial charge on any atom is 0.322 e. The van der Waals surface area contributed by atoms with E-state index in [0.29, 0.717) is 5.82 Å². The number of urea groups is 1. The van der Waals surface area contributed by atoms with Gasteiger partial charge in [0.05, 0.1) is 0 Å². The maximum absolute atomic E-state index is 11.2. The molecule has 1 rings (SSSR count). The lowest BCUT2D eigenvalue weighted by molar-refractivity contribution is 0.230. The van der Waals surface area contributed by atoms with E-state index in [1.807, 2.05) is 6.07 Å². The minimum absolute atomic E-state index is 0.185. The van der Waals surface area contributed by atoms with Crippen LogP contribution in [-0.4, -0.2) is 30.0 Å². The summed E-state index contributed by atoms with van der Waals surface area (Å²) in [5.74, 6) is 0.543. The van der Waals surface area contributed by atoms with Crippen LogP contribution in [0.25, 0.3) is 0 Å². The highest BCUT2D eigenvalue weighted by atomic mass is 79.9. The summed E-state index contributed by atoms with van der Waals surface area (Å²) in [5.41, 5.74) is 0. The van der Waals surface area contributed by atoms with Crippen molar-refractivity contribution < 1.29 is 4.79 Å². The number of nitrogens with one attached hydrogen (secondary N) is 1. The first kappa shape index (κ1) is 9.98. The third-order valence-electron chi connectivity index (χ3n) is 1.37. The standard InChI is InChI=1S/C8H10BrN3O/c1-12(2)8(13)11-7-4-3-6(9)5-10-7/h3-5H,1-2H3,(H,10,11,13). The first-order chi connectivity index (χ1) is 6.09. The first-order valence-electron chi connectivity index (χ1n) is 3.69. The molecule has 0 radical (unpaired) electrons. The van der Waals surface area contributed by atoms with Gasteiger partial charge in [-0.2, -0.15) is 0 Å². The predicted molar refractivity (Wildman–Crippen MR) is 54.6 cm³/mol. The highest BCUT2D eigenvalue weighted by molar-refractivity contribution is 9.10. The van der Waals surface area contributed by atoms with Crippen LogP contribution in [0.5, 0.6) is 0 Å². The molecule has 0 aliphatic rings. The van der Waals surface area contributed by atoms with Crippen molar-refractivity contribution in [3.8, 4) is 0 Å². The van der Waals surface area contributed by atoms with Gasteiger partial charge in [-0.3, -0.25) is 5.32 Å². The topological polar surface area (TPSA) is 45.2 Å². The number of aromatic nitrogens is 1. The van der Waals surface area contributed by atoms with E-state index in [1.165, 1.54) is 4.90 Å². The van der Waals surface area contributed by atoms with E-state index >= 15 is 0 Å². The second-order valence-corrected chi connectivity index (χ2v) is 3.60.